The first-order valence-electron chi connectivity index (χ1n) is 12.4. The van der Waals surface area contributed by atoms with Crippen molar-refractivity contribution in [2.45, 2.75) is 69.9 Å². The second kappa shape index (κ2) is 14.8. The molecule has 1 heterocycles. The first-order chi connectivity index (χ1) is 16.8. The van der Waals surface area contributed by atoms with E-state index in [0.29, 0.717) is 37.7 Å². The minimum absolute atomic E-state index is 0.118. The van der Waals surface area contributed by atoms with Crippen LogP contribution < -0.4 is 14.4 Å². The third-order valence-electron chi connectivity index (χ3n) is 6.22. The van der Waals surface area contributed by atoms with Crippen molar-refractivity contribution in [3.63, 3.8) is 0 Å². The van der Waals surface area contributed by atoms with Crippen LogP contribution in [0.5, 0.6) is 11.5 Å². The van der Waals surface area contributed by atoms with Crippen LogP contribution in [-0.4, -0.2) is 73.9 Å². The van der Waals surface area contributed by atoms with Crippen LogP contribution in [0.15, 0.2) is 36.4 Å². The summed E-state index contributed by atoms with van der Waals surface area (Å²) < 4.78 is 30.8. The summed E-state index contributed by atoms with van der Waals surface area (Å²) in [7, 11) is 3.24. The quantitative estimate of drug-likeness (QED) is 0.182. The molecule has 2 rings (SSSR count). The van der Waals surface area contributed by atoms with Crippen LogP contribution in [0.2, 0.25) is 0 Å². The number of rotatable bonds is 14. The van der Waals surface area contributed by atoms with Gasteiger partial charge in [-0.15, -0.1) is 6.58 Å². The molecule has 0 saturated carbocycles. The van der Waals surface area contributed by atoms with Crippen molar-refractivity contribution in [3.05, 3.63) is 42.0 Å². The lowest BCUT2D eigenvalue weighted by Crippen LogP contribution is -2.59. The molecule has 1 N–H and O–H groups in total. The molecule has 1 aliphatic rings. The van der Waals surface area contributed by atoms with Gasteiger partial charge in [0.05, 0.1) is 19.8 Å². The van der Waals surface area contributed by atoms with E-state index in [2.05, 4.69) is 29.4 Å². The molecule has 4 atom stereocenters. The summed E-state index contributed by atoms with van der Waals surface area (Å²) in [5.41, 5.74) is 2.68. The molecule has 1 unspecified atom stereocenters. The Morgan fingerprint density at radius 2 is 2.06 bits per heavy atom. The Morgan fingerprint density at radius 3 is 2.66 bits per heavy atom. The van der Waals surface area contributed by atoms with Crippen molar-refractivity contribution in [2.75, 3.05) is 45.4 Å². The average Bonchev–Trinajstić information content (AvgIpc) is 2.83. The Bertz CT molecular complexity index is 836. The maximum atomic E-state index is 13.6. The Hall–Kier alpha value is -1.61. The number of alkyl halides is 2. The Labute approximate surface area is 218 Å². The second-order valence-corrected chi connectivity index (χ2v) is 10.3. The van der Waals surface area contributed by atoms with Crippen LogP contribution in [0.1, 0.15) is 45.1 Å². The van der Waals surface area contributed by atoms with E-state index in [1.807, 2.05) is 34.9 Å². The SMILES string of the molecule is C=C[C@@H](OC)/C(=C\CC(C)F)CN1C[C@H](Br)CN(c2ccc(OC)c(OCCCCC)c2C)[C@@H]1O. The zero-order valence-corrected chi connectivity index (χ0v) is 23.4. The van der Waals surface area contributed by atoms with Gasteiger partial charge in [0.15, 0.2) is 17.9 Å². The summed E-state index contributed by atoms with van der Waals surface area (Å²) in [6.45, 7) is 11.8. The number of ether oxygens (including phenoxy) is 3. The van der Waals surface area contributed by atoms with Gasteiger partial charge in [0, 0.05) is 42.8 Å². The maximum absolute atomic E-state index is 13.6. The largest absolute Gasteiger partial charge is 0.493 e. The van der Waals surface area contributed by atoms with Gasteiger partial charge in [-0.2, -0.15) is 0 Å². The molecule has 0 aromatic heterocycles. The Morgan fingerprint density at radius 1 is 1.31 bits per heavy atom. The van der Waals surface area contributed by atoms with Gasteiger partial charge in [-0.25, -0.2) is 4.39 Å². The van der Waals surface area contributed by atoms with Crippen LogP contribution in [-0.2, 0) is 4.74 Å². The molecule has 8 heteroatoms. The summed E-state index contributed by atoms with van der Waals surface area (Å²) in [5, 5.41) is 11.4. The van der Waals surface area contributed by atoms with Gasteiger partial charge >= 0.3 is 0 Å². The highest BCUT2D eigenvalue weighted by atomic mass is 79.9. The number of hydrogen-bond acceptors (Lipinski definition) is 6. The van der Waals surface area contributed by atoms with E-state index in [1.54, 1.807) is 20.3 Å². The molecule has 198 valence electrons. The summed E-state index contributed by atoms with van der Waals surface area (Å²) in [4.78, 5) is 4.03. The molecule has 0 radical (unpaired) electrons. The van der Waals surface area contributed by atoms with Crippen molar-refractivity contribution >= 4 is 21.6 Å². The van der Waals surface area contributed by atoms with Crippen LogP contribution in [0.3, 0.4) is 0 Å². The molecular formula is C27H42BrFN2O4. The van der Waals surface area contributed by atoms with Crippen LogP contribution in [0.25, 0.3) is 0 Å². The average molecular weight is 558 g/mol. The topological polar surface area (TPSA) is 54.4 Å². The summed E-state index contributed by atoms with van der Waals surface area (Å²) in [6, 6.07) is 3.85. The van der Waals surface area contributed by atoms with Gasteiger partial charge in [0.2, 0.25) is 0 Å². The first-order valence-corrected chi connectivity index (χ1v) is 13.3. The Kier molecular flexibility index (Phi) is 12.6. The van der Waals surface area contributed by atoms with Crippen LogP contribution >= 0.6 is 15.9 Å². The number of halogens is 2. The number of allylic oxidation sites excluding steroid dienone is 1. The number of aliphatic hydroxyl groups excluding tert-OH is 1. The number of methoxy groups -OCH3 is 2. The molecule has 1 aliphatic heterocycles. The maximum Gasteiger partial charge on any atom is 0.186 e. The monoisotopic (exact) mass is 556 g/mol. The Balaban J connectivity index is 2.33. The lowest BCUT2D eigenvalue weighted by molar-refractivity contribution is -0.0100. The van der Waals surface area contributed by atoms with Gasteiger partial charge in [-0.1, -0.05) is 47.8 Å². The smallest absolute Gasteiger partial charge is 0.186 e. The summed E-state index contributed by atoms with van der Waals surface area (Å²) in [6.07, 6.45) is 4.86. The second-order valence-electron chi connectivity index (χ2n) is 9.01. The molecule has 0 aliphatic carbocycles. The normalized spacial score (nSPS) is 21.0. The highest BCUT2D eigenvalue weighted by molar-refractivity contribution is 9.09. The fourth-order valence-corrected chi connectivity index (χ4v) is 5.02. The molecule has 1 fully saturated rings. The molecule has 35 heavy (non-hydrogen) atoms. The van der Waals surface area contributed by atoms with Crippen LogP contribution in [0.4, 0.5) is 10.1 Å². The highest BCUT2D eigenvalue weighted by Gasteiger charge is 2.34. The van der Waals surface area contributed by atoms with Crippen LogP contribution in [0, 0.1) is 6.92 Å². The molecule has 1 aromatic carbocycles. The van der Waals surface area contributed by atoms with E-state index in [0.717, 1.165) is 36.1 Å². The van der Waals surface area contributed by atoms with Gasteiger partial charge in [-0.05, 0) is 44.4 Å². The zero-order valence-electron chi connectivity index (χ0n) is 21.8. The van der Waals surface area contributed by atoms with E-state index in [9.17, 15) is 9.50 Å². The molecule has 1 saturated heterocycles. The molecule has 6 nitrogen and oxygen atoms in total. The van der Waals surface area contributed by atoms with Gasteiger partial charge in [0.25, 0.3) is 0 Å². The lowest BCUT2D eigenvalue weighted by atomic mass is 10.1. The van der Waals surface area contributed by atoms with Crippen molar-refractivity contribution in [3.8, 4) is 11.5 Å². The molecule has 0 bridgehead atoms. The number of aliphatic hydroxyl groups is 1. The van der Waals surface area contributed by atoms with Gasteiger partial charge in [0.1, 0.15) is 6.17 Å². The minimum Gasteiger partial charge on any atom is -0.493 e. The molecule has 0 amide bonds. The number of hydrogen-bond donors (Lipinski definition) is 1. The van der Waals surface area contributed by atoms with Crippen molar-refractivity contribution in [1.29, 1.82) is 0 Å². The number of unbranched alkanes of at least 4 members (excludes halogenated alkanes) is 2. The van der Waals surface area contributed by atoms with Crippen molar-refractivity contribution in [1.82, 2.24) is 4.90 Å². The number of anilines is 1. The van der Waals surface area contributed by atoms with Gasteiger partial charge in [-0.3, -0.25) is 4.90 Å². The molecular weight excluding hydrogens is 515 g/mol. The van der Waals surface area contributed by atoms with Gasteiger partial charge < -0.3 is 24.2 Å². The predicted molar refractivity (Wildman–Crippen MR) is 145 cm³/mol. The minimum atomic E-state index is -0.961. The third kappa shape index (κ3) is 8.20. The summed E-state index contributed by atoms with van der Waals surface area (Å²) in [5.74, 6) is 1.39. The van der Waals surface area contributed by atoms with Crippen molar-refractivity contribution < 1.29 is 23.7 Å². The van der Waals surface area contributed by atoms with E-state index in [4.69, 9.17) is 14.2 Å². The zero-order chi connectivity index (χ0) is 26.0. The van der Waals surface area contributed by atoms with Crippen molar-refractivity contribution in [2.24, 2.45) is 0 Å². The number of benzene rings is 1. The number of nitrogens with zero attached hydrogens (tertiary/aromatic N) is 2. The molecule has 0 spiro atoms. The lowest BCUT2D eigenvalue weighted by Gasteiger charge is -2.45. The summed E-state index contributed by atoms with van der Waals surface area (Å²) >= 11 is 3.77. The van der Waals surface area contributed by atoms with E-state index >= 15 is 0 Å². The fourth-order valence-electron chi connectivity index (χ4n) is 4.33. The fraction of sp³-hybridized carbons (Fsp3) is 0.630. The highest BCUT2D eigenvalue weighted by Crippen LogP contribution is 2.39. The van der Waals surface area contributed by atoms with E-state index < -0.39 is 12.5 Å². The standard InChI is InChI=1S/C27H42BrFN2O4/c1-7-9-10-15-35-26-20(4)23(13-14-25(26)34-6)31-18-22(28)17-30(27(31)32)16-21(12-11-19(3)29)24(8-2)33-5/h8,12-14,19,22,24,27,32H,2,7,9-11,15-18H2,1,3-6H3/b21-12-/t19?,22-,24+,27+/m0/s1. The first kappa shape index (κ1) is 29.6. The third-order valence-corrected chi connectivity index (χ3v) is 6.80. The van der Waals surface area contributed by atoms with E-state index in [1.165, 1.54) is 6.92 Å². The molecule has 1 aromatic rings. The predicted octanol–water partition coefficient (Wildman–Crippen LogP) is 5.61. The van der Waals surface area contributed by atoms with E-state index in [-0.39, 0.29) is 17.4 Å².